The molecule has 0 aromatic heterocycles. The van der Waals surface area contributed by atoms with Crippen LogP contribution in [0.3, 0.4) is 0 Å². The molecule has 1 saturated heterocycles. The van der Waals surface area contributed by atoms with E-state index in [4.69, 9.17) is 9.47 Å². The number of ether oxygens (including phenoxy) is 2. The topological polar surface area (TPSA) is 18.5 Å². The molecule has 0 bridgehead atoms. The van der Waals surface area contributed by atoms with Gasteiger partial charge in [0, 0.05) is 4.32 Å². The summed E-state index contributed by atoms with van der Waals surface area (Å²) in [5, 5.41) is 0. The molecule has 1 saturated carbocycles. The number of halogens is 1. The first kappa shape index (κ1) is 9.94. The summed E-state index contributed by atoms with van der Waals surface area (Å²) in [6.07, 6.45) is 7.76. The number of hydrogen-bond donors (Lipinski definition) is 0. The molecule has 0 unspecified atom stereocenters. The molecule has 0 aromatic rings. The first-order valence-electron chi connectivity index (χ1n) is 5.21. The van der Waals surface area contributed by atoms with E-state index in [0.29, 0.717) is 4.32 Å². The first-order valence-corrected chi connectivity index (χ1v) is 6.00. The molecule has 0 spiro atoms. The average Bonchev–Trinajstić information content (AvgIpc) is 2.69. The Morgan fingerprint density at radius 2 is 1.85 bits per heavy atom. The van der Waals surface area contributed by atoms with Gasteiger partial charge in [0.1, 0.15) is 0 Å². The largest absolute Gasteiger partial charge is 0.350 e. The maximum Gasteiger partial charge on any atom is 0.157 e. The number of hydrogen-bond acceptors (Lipinski definition) is 2. The summed E-state index contributed by atoms with van der Waals surface area (Å²) in [7, 11) is 0. The van der Waals surface area contributed by atoms with Gasteiger partial charge in [-0.25, -0.2) is 0 Å². The fraction of sp³-hybridized carbons (Fsp3) is 1.00. The standard InChI is InChI=1S/C10H17BrO2/c11-10(5-6-10)4-2-1-3-9-12-7-8-13-9/h9H,1-8H2. The van der Waals surface area contributed by atoms with E-state index in [1.807, 2.05) is 0 Å². The highest BCUT2D eigenvalue weighted by atomic mass is 79.9. The van der Waals surface area contributed by atoms with Gasteiger partial charge in [-0.1, -0.05) is 22.4 Å². The van der Waals surface area contributed by atoms with Crippen molar-refractivity contribution in [3.8, 4) is 0 Å². The zero-order chi connectivity index (χ0) is 9.15. The van der Waals surface area contributed by atoms with Crippen molar-refractivity contribution >= 4 is 15.9 Å². The van der Waals surface area contributed by atoms with E-state index in [1.165, 1.54) is 32.1 Å². The number of unbranched alkanes of at least 4 members (excludes halogenated alkanes) is 1. The monoisotopic (exact) mass is 248 g/mol. The van der Waals surface area contributed by atoms with Crippen LogP contribution in [-0.4, -0.2) is 23.8 Å². The second kappa shape index (κ2) is 4.28. The maximum absolute atomic E-state index is 5.37. The molecule has 1 heterocycles. The first-order chi connectivity index (χ1) is 6.29. The lowest BCUT2D eigenvalue weighted by Gasteiger charge is -2.09. The van der Waals surface area contributed by atoms with Crippen LogP contribution in [0.25, 0.3) is 0 Å². The minimum atomic E-state index is 0.102. The summed E-state index contributed by atoms with van der Waals surface area (Å²) in [6, 6.07) is 0. The Morgan fingerprint density at radius 1 is 1.15 bits per heavy atom. The molecular weight excluding hydrogens is 232 g/mol. The normalized spacial score (nSPS) is 26.5. The molecule has 0 aromatic carbocycles. The van der Waals surface area contributed by atoms with Gasteiger partial charge in [-0.15, -0.1) is 0 Å². The smallest absolute Gasteiger partial charge is 0.157 e. The lowest BCUT2D eigenvalue weighted by atomic mass is 10.1. The van der Waals surface area contributed by atoms with Crippen LogP contribution in [0, 0.1) is 0 Å². The van der Waals surface area contributed by atoms with E-state index in [2.05, 4.69) is 15.9 Å². The summed E-state index contributed by atoms with van der Waals surface area (Å²) in [4.78, 5) is 0. The summed E-state index contributed by atoms with van der Waals surface area (Å²) in [5.41, 5.74) is 0. The average molecular weight is 249 g/mol. The molecule has 0 atom stereocenters. The lowest BCUT2D eigenvalue weighted by Crippen LogP contribution is -2.07. The van der Waals surface area contributed by atoms with E-state index in [0.717, 1.165) is 19.6 Å². The van der Waals surface area contributed by atoms with Crippen LogP contribution in [0.5, 0.6) is 0 Å². The second-order valence-electron chi connectivity index (χ2n) is 4.07. The van der Waals surface area contributed by atoms with Gasteiger partial charge < -0.3 is 9.47 Å². The summed E-state index contributed by atoms with van der Waals surface area (Å²) < 4.78 is 11.3. The Bertz CT molecular complexity index is 162. The predicted octanol–water partition coefficient (Wildman–Crippen LogP) is 2.85. The Balaban J connectivity index is 1.48. The summed E-state index contributed by atoms with van der Waals surface area (Å²) in [5.74, 6) is 0. The number of alkyl halides is 1. The van der Waals surface area contributed by atoms with E-state index >= 15 is 0 Å². The highest BCUT2D eigenvalue weighted by Gasteiger charge is 2.38. The molecule has 2 rings (SSSR count). The van der Waals surface area contributed by atoms with Gasteiger partial charge in [-0.3, -0.25) is 0 Å². The zero-order valence-corrected chi connectivity index (χ0v) is 9.51. The van der Waals surface area contributed by atoms with Gasteiger partial charge in [-0.2, -0.15) is 0 Å². The lowest BCUT2D eigenvalue weighted by molar-refractivity contribution is -0.0480. The molecular formula is C10H17BrO2. The Labute approximate surface area is 88.1 Å². The zero-order valence-electron chi connectivity index (χ0n) is 7.93. The van der Waals surface area contributed by atoms with Crippen LogP contribution in [0.2, 0.25) is 0 Å². The minimum absolute atomic E-state index is 0.102. The third kappa shape index (κ3) is 3.22. The Hall–Kier alpha value is 0.400. The van der Waals surface area contributed by atoms with Crippen molar-refractivity contribution in [1.82, 2.24) is 0 Å². The molecule has 2 fully saturated rings. The van der Waals surface area contributed by atoms with Crippen LogP contribution in [0.15, 0.2) is 0 Å². The summed E-state index contributed by atoms with van der Waals surface area (Å²) >= 11 is 3.74. The molecule has 0 N–H and O–H groups in total. The van der Waals surface area contributed by atoms with E-state index in [-0.39, 0.29) is 6.29 Å². The van der Waals surface area contributed by atoms with Crippen LogP contribution < -0.4 is 0 Å². The van der Waals surface area contributed by atoms with Gasteiger partial charge in [-0.05, 0) is 32.1 Å². The highest BCUT2D eigenvalue weighted by molar-refractivity contribution is 9.10. The van der Waals surface area contributed by atoms with Crippen molar-refractivity contribution in [1.29, 1.82) is 0 Å². The van der Waals surface area contributed by atoms with Crippen molar-refractivity contribution < 1.29 is 9.47 Å². The molecule has 76 valence electrons. The maximum atomic E-state index is 5.37. The third-order valence-corrected chi connectivity index (χ3v) is 3.99. The fourth-order valence-corrected chi connectivity index (χ4v) is 2.19. The van der Waals surface area contributed by atoms with Crippen LogP contribution in [0.4, 0.5) is 0 Å². The quantitative estimate of drug-likeness (QED) is 0.551. The molecule has 1 aliphatic carbocycles. The SMILES string of the molecule is BrC1(CCCCC2OCCO2)CC1. The summed E-state index contributed by atoms with van der Waals surface area (Å²) in [6.45, 7) is 1.57. The molecule has 2 nitrogen and oxygen atoms in total. The minimum Gasteiger partial charge on any atom is -0.350 e. The van der Waals surface area contributed by atoms with Crippen molar-refractivity contribution in [3.63, 3.8) is 0 Å². The number of rotatable bonds is 5. The third-order valence-electron chi connectivity index (χ3n) is 2.80. The van der Waals surface area contributed by atoms with E-state index in [9.17, 15) is 0 Å². The molecule has 13 heavy (non-hydrogen) atoms. The molecule has 2 aliphatic rings. The van der Waals surface area contributed by atoms with Crippen molar-refractivity contribution in [3.05, 3.63) is 0 Å². The van der Waals surface area contributed by atoms with Crippen molar-refractivity contribution in [2.45, 2.75) is 49.1 Å². The van der Waals surface area contributed by atoms with Gasteiger partial charge in [0.2, 0.25) is 0 Å². The van der Waals surface area contributed by atoms with Crippen molar-refractivity contribution in [2.75, 3.05) is 13.2 Å². The van der Waals surface area contributed by atoms with E-state index in [1.54, 1.807) is 0 Å². The van der Waals surface area contributed by atoms with Crippen LogP contribution in [-0.2, 0) is 9.47 Å². The molecule has 1 aliphatic heterocycles. The van der Waals surface area contributed by atoms with Crippen LogP contribution in [0.1, 0.15) is 38.5 Å². The second-order valence-corrected chi connectivity index (χ2v) is 5.75. The molecule has 3 heteroatoms. The fourth-order valence-electron chi connectivity index (χ4n) is 1.71. The Kier molecular flexibility index (Phi) is 3.27. The highest BCUT2D eigenvalue weighted by Crippen LogP contribution is 2.48. The molecule has 0 amide bonds. The van der Waals surface area contributed by atoms with Gasteiger partial charge in [0.15, 0.2) is 6.29 Å². The van der Waals surface area contributed by atoms with Gasteiger partial charge in [0.25, 0.3) is 0 Å². The predicted molar refractivity (Wildman–Crippen MR) is 55.1 cm³/mol. The molecule has 0 radical (unpaired) electrons. The van der Waals surface area contributed by atoms with Gasteiger partial charge >= 0.3 is 0 Å². The van der Waals surface area contributed by atoms with Gasteiger partial charge in [0.05, 0.1) is 13.2 Å². The Morgan fingerprint density at radius 3 is 2.46 bits per heavy atom. The van der Waals surface area contributed by atoms with E-state index < -0.39 is 0 Å². The van der Waals surface area contributed by atoms with Crippen LogP contribution >= 0.6 is 15.9 Å². The van der Waals surface area contributed by atoms with Crippen molar-refractivity contribution in [2.24, 2.45) is 0 Å².